The molecule has 1 unspecified atom stereocenters. The lowest BCUT2D eigenvalue weighted by Crippen LogP contribution is -2.30. The van der Waals surface area contributed by atoms with Gasteiger partial charge in [0.1, 0.15) is 0 Å². The van der Waals surface area contributed by atoms with Crippen LogP contribution in [-0.2, 0) is 4.79 Å². The number of rotatable bonds is 6. The van der Waals surface area contributed by atoms with Crippen molar-refractivity contribution in [2.75, 3.05) is 0 Å². The molecule has 0 saturated heterocycles. The minimum atomic E-state index is -0.0722. The number of hydrogen-bond donors (Lipinski definition) is 1. The van der Waals surface area contributed by atoms with Crippen LogP contribution in [0.1, 0.15) is 40.0 Å². The summed E-state index contributed by atoms with van der Waals surface area (Å²) in [6.07, 6.45) is 4.78. The zero-order valence-corrected chi connectivity index (χ0v) is 8.97. The second-order valence-electron chi connectivity index (χ2n) is 3.94. The Kier molecular flexibility index (Phi) is 6.29. The number of carbonyl (C=O) groups excluding carboxylic acids is 1. The predicted molar refractivity (Wildman–Crippen MR) is 56.5 cm³/mol. The highest BCUT2D eigenvalue weighted by atomic mass is 16.1. The van der Waals surface area contributed by atoms with Gasteiger partial charge in [0, 0.05) is 6.04 Å². The SMILES string of the molecule is C=CC(=O)NC(C)CCCC(C)C. The third-order valence-electron chi connectivity index (χ3n) is 1.99. The Hall–Kier alpha value is -0.790. The Bertz CT molecular complexity index is 163. The number of amides is 1. The van der Waals surface area contributed by atoms with Crippen LogP contribution in [0.3, 0.4) is 0 Å². The lowest BCUT2D eigenvalue weighted by Gasteiger charge is -2.12. The van der Waals surface area contributed by atoms with Crippen molar-refractivity contribution in [1.29, 1.82) is 0 Å². The van der Waals surface area contributed by atoms with E-state index < -0.39 is 0 Å². The van der Waals surface area contributed by atoms with Gasteiger partial charge in [0.15, 0.2) is 0 Å². The number of nitrogens with one attached hydrogen (secondary N) is 1. The maximum Gasteiger partial charge on any atom is 0.243 e. The first-order valence-electron chi connectivity index (χ1n) is 4.99. The van der Waals surface area contributed by atoms with Gasteiger partial charge in [0.2, 0.25) is 5.91 Å². The van der Waals surface area contributed by atoms with Crippen molar-refractivity contribution in [3.05, 3.63) is 12.7 Å². The molecule has 0 fully saturated rings. The summed E-state index contributed by atoms with van der Waals surface area (Å²) < 4.78 is 0. The van der Waals surface area contributed by atoms with E-state index in [1.165, 1.54) is 18.9 Å². The fraction of sp³-hybridized carbons (Fsp3) is 0.727. The molecule has 0 aliphatic carbocycles. The first-order valence-corrected chi connectivity index (χ1v) is 4.99. The molecule has 1 amide bonds. The third kappa shape index (κ3) is 7.57. The topological polar surface area (TPSA) is 29.1 Å². The minimum Gasteiger partial charge on any atom is -0.350 e. The van der Waals surface area contributed by atoms with Crippen LogP contribution in [-0.4, -0.2) is 11.9 Å². The highest BCUT2D eigenvalue weighted by molar-refractivity contribution is 5.87. The Morgan fingerprint density at radius 3 is 2.46 bits per heavy atom. The van der Waals surface area contributed by atoms with E-state index in [4.69, 9.17) is 0 Å². The lowest BCUT2D eigenvalue weighted by molar-refractivity contribution is -0.117. The van der Waals surface area contributed by atoms with Gasteiger partial charge in [-0.3, -0.25) is 4.79 Å². The highest BCUT2D eigenvalue weighted by Gasteiger charge is 2.04. The molecule has 0 aliphatic heterocycles. The fourth-order valence-corrected chi connectivity index (χ4v) is 1.21. The van der Waals surface area contributed by atoms with E-state index in [0.717, 1.165) is 12.3 Å². The third-order valence-corrected chi connectivity index (χ3v) is 1.99. The van der Waals surface area contributed by atoms with Crippen LogP contribution in [0.5, 0.6) is 0 Å². The van der Waals surface area contributed by atoms with Crippen molar-refractivity contribution in [2.24, 2.45) is 5.92 Å². The molecule has 13 heavy (non-hydrogen) atoms. The number of carbonyl (C=O) groups is 1. The van der Waals surface area contributed by atoms with Crippen molar-refractivity contribution in [2.45, 2.75) is 46.1 Å². The average Bonchev–Trinajstić information content (AvgIpc) is 2.03. The average molecular weight is 183 g/mol. The molecule has 1 atom stereocenters. The van der Waals surface area contributed by atoms with E-state index in [-0.39, 0.29) is 11.9 Å². The van der Waals surface area contributed by atoms with Crippen LogP contribution < -0.4 is 5.32 Å². The predicted octanol–water partition coefficient (Wildman–Crippen LogP) is 2.50. The summed E-state index contributed by atoms with van der Waals surface area (Å²) in [7, 11) is 0. The standard InChI is InChI=1S/C11H21NO/c1-5-11(13)12-10(4)8-6-7-9(2)3/h5,9-10H,1,6-8H2,2-4H3,(H,12,13). The van der Waals surface area contributed by atoms with E-state index in [9.17, 15) is 4.79 Å². The normalized spacial score (nSPS) is 12.6. The van der Waals surface area contributed by atoms with Gasteiger partial charge in [0.05, 0.1) is 0 Å². The van der Waals surface area contributed by atoms with Gasteiger partial charge in [-0.1, -0.05) is 33.3 Å². The van der Waals surface area contributed by atoms with Crippen molar-refractivity contribution in [3.8, 4) is 0 Å². The van der Waals surface area contributed by atoms with Crippen molar-refractivity contribution < 1.29 is 4.79 Å². The van der Waals surface area contributed by atoms with Gasteiger partial charge in [-0.2, -0.15) is 0 Å². The van der Waals surface area contributed by atoms with E-state index in [0.29, 0.717) is 0 Å². The summed E-state index contributed by atoms with van der Waals surface area (Å²) >= 11 is 0. The summed E-state index contributed by atoms with van der Waals surface area (Å²) in [5.41, 5.74) is 0. The minimum absolute atomic E-state index is 0.0722. The van der Waals surface area contributed by atoms with Gasteiger partial charge in [-0.25, -0.2) is 0 Å². The van der Waals surface area contributed by atoms with Gasteiger partial charge < -0.3 is 5.32 Å². The fourth-order valence-electron chi connectivity index (χ4n) is 1.21. The largest absolute Gasteiger partial charge is 0.350 e. The second-order valence-corrected chi connectivity index (χ2v) is 3.94. The molecule has 0 radical (unpaired) electrons. The van der Waals surface area contributed by atoms with Crippen LogP contribution >= 0.6 is 0 Å². The molecule has 1 N–H and O–H groups in total. The molecule has 0 heterocycles. The van der Waals surface area contributed by atoms with Gasteiger partial charge >= 0.3 is 0 Å². The summed E-state index contributed by atoms with van der Waals surface area (Å²) in [6, 6.07) is 0.268. The Morgan fingerprint density at radius 1 is 1.38 bits per heavy atom. The molecule has 0 aromatic rings. The molecular weight excluding hydrogens is 162 g/mol. The molecule has 0 bridgehead atoms. The van der Waals surface area contributed by atoms with Gasteiger partial charge in [-0.05, 0) is 25.3 Å². The molecular formula is C11H21NO. The lowest BCUT2D eigenvalue weighted by atomic mass is 10.0. The Labute approximate surface area is 81.4 Å². The van der Waals surface area contributed by atoms with Gasteiger partial charge in [-0.15, -0.1) is 0 Å². The maximum atomic E-state index is 10.9. The molecule has 0 rings (SSSR count). The van der Waals surface area contributed by atoms with E-state index >= 15 is 0 Å². The van der Waals surface area contributed by atoms with Gasteiger partial charge in [0.25, 0.3) is 0 Å². The molecule has 0 aromatic carbocycles. The van der Waals surface area contributed by atoms with Crippen molar-refractivity contribution in [3.63, 3.8) is 0 Å². The molecule has 0 aliphatic rings. The Morgan fingerprint density at radius 2 is 2.00 bits per heavy atom. The first kappa shape index (κ1) is 12.2. The summed E-state index contributed by atoms with van der Waals surface area (Å²) in [6.45, 7) is 9.87. The maximum absolute atomic E-state index is 10.9. The van der Waals surface area contributed by atoms with Crippen LogP contribution in [0.2, 0.25) is 0 Å². The molecule has 0 spiro atoms. The van der Waals surface area contributed by atoms with E-state index in [1.54, 1.807) is 0 Å². The monoisotopic (exact) mass is 183 g/mol. The van der Waals surface area contributed by atoms with Crippen molar-refractivity contribution >= 4 is 5.91 Å². The zero-order chi connectivity index (χ0) is 10.3. The first-order chi connectivity index (χ1) is 6.06. The quantitative estimate of drug-likeness (QED) is 0.630. The van der Waals surface area contributed by atoms with Crippen LogP contribution in [0.25, 0.3) is 0 Å². The smallest absolute Gasteiger partial charge is 0.243 e. The molecule has 0 aromatic heterocycles. The molecule has 2 heteroatoms. The molecule has 2 nitrogen and oxygen atoms in total. The van der Waals surface area contributed by atoms with E-state index in [2.05, 4.69) is 25.7 Å². The highest BCUT2D eigenvalue weighted by Crippen LogP contribution is 2.07. The Balaban J connectivity index is 3.45. The molecule has 76 valence electrons. The van der Waals surface area contributed by atoms with Crippen LogP contribution in [0.15, 0.2) is 12.7 Å². The van der Waals surface area contributed by atoms with Crippen LogP contribution in [0, 0.1) is 5.92 Å². The number of hydrogen-bond acceptors (Lipinski definition) is 1. The van der Waals surface area contributed by atoms with E-state index in [1.807, 2.05) is 6.92 Å². The zero-order valence-electron chi connectivity index (χ0n) is 8.97. The van der Waals surface area contributed by atoms with Crippen molar-refractivity contribution in [1.82, 2.24) is 5.32 Å². The second kappa shape index (κ2) is 6.70. The summed E-state index contributed by atoms with van der Waals surface area (Å²) in [5.74, 6) is 0.680. The van der Waals surface area contributed by atoms with Crippen LogP contribution in [0.4, 0.5) is 0 Å². The summed E-state index contributed by atoms with van der Waals surface area (Å²) in [5, 5.41) is 2.85. The molecule has 0 saturated carbocycles. The summed E-state index contributed by atoms with van der Waals surface area (Å²) in [4.78, 5) is 10.9.